The monoisotopic (exact) mass is 1070 g/mol. The molecule has 0 bridgehead atoms. The summed E-state index contributed by atoms with van der Waals surface area (Å²) in [5.74, 6) is -1.21. The van der Waals surface area contributed by atoms with Crippen molar-refractivity contribution in [3.05, 3.63) is 93.0 Å². The third-order valence-corrected chi connectivity index (χ3v) is 16.0. The number of alkyl halides is 3. The number of aryl methyl sites for hydroxylation is 1. The molecule has 1 aromatic carbocycles. The highest BCUT2D eigenvalue weighted by atomic mass is 79.9. The second-order valence-corrected chi connectivity index (χ2v) is 21.3. The molecule has 5 aliphatic rings. The average Bonchev–Trinajstić information content (AvgIpc) is 4.07. The van der Waals surface area contributed by atoms with Crippen LogP contribution in [0.3, 0.4) is 0 Å². The number of likely N-dealkylation sites (tertiary alicyclic amines) is 1. The lowest BCUT2D eigenvalue weighted by Crippen LogP contribution is -2.51. The Balaban J connectivity index is 0.715. The van der Waals surface area contributed by atoms with Crippen LogP contribution in [-0.4, -0.2) is 121 Å². The summed E-state index contributed by atoms with van der Waals surface area (Å²) in [6.45, 7) is 6.37. The van der Waals surface area contributed by atoms with Gasteiger partial charge in [-0.1, -0.05) is 41.9 Å². The second-order valence-electron chi connectivity index (χ2n) is 20.4. The van der Waals surface area contributed by atoms with Gasteiger partial charge < -0.3 is 44.7 Å². The Morgan fingerprint density at radius 3 is 2.36 bits per heavy atom. The number of aromatic nitrogens is 2. The Labute approximate surface area is 428 Å². The van der Waals surface area contributed by atoms with Crippen molar-refractivity contribution in [1.82, 2.24) is 35.7 Å². The second kappa shape index (κ2) is 24.2. The SMILES string of the molecule is CC(C)[C@]1(C(=O)N2Cc3cc(C(F)(F)F)cnc3[C@H](NC(=O)CCOCCOCCOC3CCC(OCCNC(=O)[C@H]4CC(=O)N(C)[C@@H]4c4cccnc4)CC3)C2)CC[C@@H](N[C@@H]2CCc3cc(Br)ccc32)C1. The number of hydrogen-bond donors (Lipinski definition) is 3. The van der Waals surface area contributed by atoms with Gasteiger partial charge in [-0.15, -0.1) is 0 Å². The molecule has 3 aliphatic carbocycles. The van der Waals surface area contributed by atoms with Gasteiger partial charge in [0, 0.05) is 74.7 Å². The molecule has 0 radical (unpaired) electrons. The summed E-state index contributed by atoms with van der Waals surface area (Å²) >= 11 is 3.58. The van der Waals surface area contributed by atoms with Crippen molar-refractivity contribution in [1.29, 1.82) is 0 Å². The predicted octanol–water partition coefficient (Wildman–Crippen LogP) is 7.33. The quantitative estimate of drug-likeness (QED) is 0.0912. The summed E-state index contributed by atoms with van der Waals surface area (Å²) in [5.41, 5.74) is 2.43. The van der Waals surface area contributed by atoms with Gasteiger partial charge in [-0.2, -0.15) is 13.2 Å². The molecule has 2 aromatic heterocycles. The first kappa shape index (κ1) is 53.8. The number of amides is 4. The number of carbonyl (C=O) groups excluding carboxylic acids is 4. The third kappa shape index (κ3) is 13.0. The van der Waals surface area contributed by atoms with Gasteiger partial charge in [-0.25, -0.2) is 0 Å². The Morgan fingerprint density at radius 2 is 1.64 bits per heavy atom. The Kier molecular flexibility index (Phi) is 18.1. The molecule has 0 spiro atoms. The van der Waals surface area contributed by atoms with Crippen LogP contribution in [0.25, 0.3) is 0 Å². The minimum Gasteiger partial charge on any atom is -0.379 e. The van der Waals surface area contributed by atoms with Crippen LogP contribution in [-0.2, 0) is 57.3 Å². The van der Waals surface area contributed by atoms with Gasteiger partial charge in [-0.3, -0.25) is 29.1 Å². The van der Waals surface area contributed by atoms with Crippen molar-refractivity contribution in [2.24, 2.45) is 17.3 Å². The number of benzene rings is 1. The largest absolute Gasteiger partial charge is 0.417 e. The van der Waals surface area contributed by atoms with Gasteiger partial charge >= 0.3 is 6.18 Å². The van der Waals surface area contributed by atoms with Crippen LogP contribution in [0, 0.1) is 17.3 Å². The Morgan fingerprint density at radius 1 is 0.903 bits per heavy atom. The minimum atomic E-state index is -4.62. The number of fused-ring (bicyclic) bond motifs is 2. The zero-order valence-corrected chi connectivity index (χ0v) is 43.1. The number of nitrogens with one attached hydrogen (secondary N) is 3. The van der Waals surface area contributed by atoms with E-state index in [2.05, 4.69) is 60.0 Å². The number of pyridine rings is 2. The molecular formula is C53H69BrF3N7O8. The van der Waals surface area contributed by atoms with Gasteiger partial charge in [0.1, 0.15) is 0 Å². The first-order valence-corrected chi connectivity index (χ1v) is 26.4. The fraction of sp³-hybridized carbons (Fsp3) is 0.623. The third-order valence-electron chi connectivity index (χ3n) is 15.5. The number of nitrogens with zero attached hydrogens (tertiary/aromatic N) is 4. The molecule has 3 fully saturated rings. The van der Waals surface area contributed by atoms with Gasteiger partial charge in [-0.05, 0) is 110 Å². The van der Waals surface area contributed by atoms with E-state index in [1.807, 2.05) is 19.9 Å². The van der Waals surface area contributed by atoms with Crippen molar-refractivity contribution in [2.45, 2.75) is 134 Å². The fourth-order valence-corrected chi connectivity index (χ4v) is 11.9. The molecular weight excluding hydrogens is 1000 g/mol. The van der Waals surface area contributed by atoms with E-state index < -0.39 is 29.1 Å². The number of ether oxygens (including phenoxy) is 4. The van der Waals surface area contributed by atoms with Crippen molar-refractivity contribution >= 4 is 39.6 Å². The predicted molar refractivity (Wildman–Crippen MR) is 264 cm³/mol. The summed E-state index contributed by atoms with van der Waals surface area (Å²) in [6, 6.07) is 10.3. The summed E-state index contributed by atoms with van der Waals surface area (Å²) < 4.78 is 66.3. The topological polar surface area (TPSA) is 174 Å². The van der Waals surface area contributed by atoms with Crippen LogP contribution < -0.4 is 16.0 Å². The molecule has 15 nitrogen and oxygen atoms in total. The Bertz CT molecular complexity index is 2360. The maximum Gasteiger partial charge on any atom is 0.417 e. The molecule has 2 saturated carbocycles. The standard InChI is InChI=1S/C53H69BrF3N7O8/c1-33(2)52(16-14-39(28-52)61-44-13-6-34-26-38(54)7-12-42(34)44)51(68)64-31-36-25-37(53(55,56)57)30-60-48(36)45(32-64)62-46(65)15-19-69-21-22-70-23-24-72-41-10-8-40(9-11-41)71-20-18-59-50(67)43-27-47(66)63(3)49(43)35-5-4-17-58-29-35/h4-5,7,12,17,25-26,29-30,33,39-41,43-45,49,61H,6,8-11,13-16,18-24,27-28,31-32H2,1-3H3,(H,59,67)(H,62,65)/t39-,40?,41?,43+,44-,45-,49-,52+/m1/s1. The first-order chi connectivity index (χ1) is 34.6. The Hall–Kier alpha value is -4.53. The van der Waals surface area contributed by atoms with Gasteiger partial charge in [0.2, 0.25) is 23.6 Å². The van der Waals surface area contributed by atoms with E-state index in [-0.39, 0.29) is 105 Å². The van der Waals surface area contributed by atoms with Crippen LogP contribution in [0.2, 0.25) is 0 Å². The van der Waals surface area contributed by atoms with Crippen LogP contribution in [0.5, 0.6) is 0 Å². The normalized spacial score (nSPS) is 26.2. The van der Waals surface area contributed by atoms with E-state index in [1.165, 1.54) is 11.1 Å². The molecule has 392 valence electrons. The zero-order valence-electron chi connectivity index (χ0n) is 41.5. The lowest BCUT2D eigenvalue weighted by atomic mass is 9.73. The summed E-state index contributed by atoms with van der Waals surface area (Å²) in [7, 11) is 1.72. The van der Waals surface area contributed by atoms with Gasteiger partial charge in [0.15, 0.2) is 0 Å². The van der Waals surface area contributed by atoms with Crippen molar-refractivity contribution < 1.29 is 51.3 Å². The van der Waals surface area contributed by atoms with Crippen LogP contribution in [0.15, 0.2) is 59.5 Å². The first-order valence-electron chi connectivity index (χ1n) is 25.6. The van der Waals surface area contributed by atoms with E-state index in [9.17, 15) is 32.3 Å². The van der Waals surface area contributed by atoms with E-state index >= 15 is 0 Å². The van der Waals surface area contributed by atoms with Crippen LogP contribution in [0.4, 0.5) is 13.2 Å². The summed E-state index contributed by atoms with van der Waals surface area (Å²) in [4.78, 5) is 65.2. The lowest BCUT2D eigenvalue weighted by Gasteiger charge is -2.41. The molecule has 4 amide bonds. The van der Waals surface area contributed by atoms with Gasteiger partial charge in [0.05, 0.1) is 86.5 Å². The number of hydrogen-bond acceptors (Lipinski definition) is 11. The van der Waals surface area contributed by atoms with Gasteiger partial charge in [0.25, 0.3) is 0 Å². The summed E-state index contributed by atoms with van der Waals surface area (Å²) in [5, 5.41) is 9.75. The molecule has 3 aromatic rings. The highest BCUT2D eigenvalue weighted by Gasteiger charge is 2.51. The number of rotatable bonds is 21. The maximum atomic E-state index is 14.7. The number of carbonyl (C=O) groups is 4. The highest BCUT2D eigenvalue weighted by molar-refractivity contribution is 9.10. The molecule has 1 saturated heterocycles. The number of halogens is 4. The van der Waals surface area contributed by atoms with Crippen molar-refractivity contribution in [3.8, 4) is 0 Å². The maximum absolute atomic E-state index is 14.7. The summed E-state index contributed by atoms with van der Waals surface area (Å²) in [6.07, 6.45) is 7.32. The van der Waals surface area contributed by atoms with E-state index in [4.69, 9.17) is 18.9 Å². The zero-order chi connectivity index (χ0) is 51.0. The molecule has 8 rings (SSSR count). The minimum absolute atomic E-state index is 0.00277. The molecule has 2 aliphatic heterocycles. The fourth-order valence-electron chi connectivity index (χ4n) is 11.5. The molecule has 3 N–H and O–H groups in total. The molecule has 72 heavy (non-hydrogen) atoms. The van der Waals surface area contributed by atoms with Crippen LogP contribution in [0.1, 0.15) is 130 Å². The van der Waals surface area contributed by atoms with Crippen molar-refractivity contribution in [2.75, 3.05) is 59.8 Å². The smallest absolute Gasteiger partial charge is 0.379 e. The molecule has 6 atom stereocenters. The van der Waals surface area contributed by atoms with E-state index in [0.717, 1.165) is 67.2 Å². The average molecular weight is 1070 g/mol. The molecule has 4 heterocycles. The molecule has 0 unspecified atom stereocenters. The van der Waals surface area contributed by atoms with E-state index in [1.54, 1.807) is 35.3 Å². The van der Waals surface area contributed by atoms with E-state index in [0.29, 0.717) is 51.5 Å². The highest BCUT2D eigenvalue weighted by Crippen LogP contribution is 2.48. The molecule has 19 heteroatoms. The van der Waals surface area contributed by atoms with Crippen molar-refractivity contribution in [3.63, 3.8) is 0 Å². The lowest BCUT2D eigenvalue weighted by molar-refractivity contribution is -0.147. The van der Waals surface area contributed by atoms with Crippen LogP contribution >= 0.6 is 15.9 Å².